The van der Waals surface area contributed by atoms with Crippen LogP contribution in [0.2, 0.25) is 0 Å². The predicted molar refractivity (Wildman–Crippen MR) is 123 cm³/mol. The first-order chi connectivity index (χ1) is 15.7. The maximum atomic E-state index is 12.4. The van der Waals surface area contributed by atoms with Gasteiger partial charge >= 0.3 is 12.1 Å². The topological polar surface area (TPSA) is 110 Å². The van der Waals surface area contributed by atoms with Crippen LogP contribution >= 0.6 is 0 Å². The summed E-state index contributed by atoms with van der Waals surface area (Å²) in [5.74, 6) is -1.34. The molecular weight excluding hydrogens is 442 g/mol. The Morgan fingerprint density at radius 2 is 1.48 bits per heavy atom. The molecule has 0 fully saturated rings. The Hall–Kier alpha value is -3.65. The molecule has 0 saturated carbocycles. The molecule has 0 spiro atoms. The second-order valence-electron chi connectivity index (χ2n) is 7.98. The number of carboxylic acids is 1. The Kier molecular flexibility index (Phi) is 6.20. The summed E-state index contributed by atoms with van der Waals surface area (Å²) >= 11 is 0. The number of ether oxygens (including phenoxy) is 1. The van der Waals surface area contributed by atoms with Crippen LogP contribution in [0.1, 0.15) is 22.6 Å². The van der Waals surface area contributed by atoms with E-state index in [0.29, 0.717) is 5.56 Å². The number of fused-ring (bicyclic) bond motifs is 3. The van der Waals surface area contributed by atoms with Crippen LogP contribution in [-0.2, 0) is 25.8 Å². The molecule has 170 valence electrons. The minimum atomic E-state index is -3.35. The van der Waals surface area contributed by atoms with E-state index in [1.165, 1.54) is 24.3 Å². The van der Waals surface area contributed by atoms with Crippen molar-refractivity contribution in [3.63, 3.8) is 0 Å². The van der Waals surface area contributed by atoms with Crippen molar-refractivity contribution in [1.29, 1.82) is 0 Å². The minimum Gasteiger partial charge on any atom is -0.480 e. The Morgan fingerprint density at radius 3 is 2.00 bits per heavy atom. The molecule has 0 unspecified atom stereocenters. The van der Waals surface area contributed by atoms with Crippen LogP contribution in [0.5, 0.6) is 0 Å². The number of benzene rings is 3. The van der Waals surface area contributed by atoms with Gasteiger partial charge in [-0.05, 0) is 39.9 Å². The molecule has 0 saturated heterocycles. The fraction of sp³-hybridized carbons (Fsp3) is 0.200. The fourth-order valence-corrected chi connectivity index (χ4v) is 4.72. The van der Waals surface area contributed by atoms with Gasteiger partial charge in [0.25, 0.3) is 0 Å². The lowest BCUT2D eigenvalue weighted by atomic mass is 9.98. The summed E-state index contributed by atoms with van der Waals surface area (Å²) in [6.07, 6.45) is 0.265. The molecule has 1 amide bonds. The molecule has 4 rings (SSSR count). The number of carboxylic acid groups (broad SMARTS) is 1. The lowest BCUT2D eigenvalue weighted by Crippen LogP contribution is -2.42. The third-order valence-corrected chi connectivity index (χ3v) is 6.85. The van der Waals surface area contributed by atoms with Gasteiger partial charge in [0.1, 0.15) is 12.6 Å². The van der Waals surface area contributed by atoms with Crippen molar-refractivity contribution in [2.75, 3.05) is 12.9 Å². The second kappa shape index (κ2) is 9.07. The first-order valence-electron chi connectivity index (χ1n) is 10.4. The standard InChI is InChI=1S/C25H23NO6S/c1-33(30,31)17-12-10-16(11-13-17)14-23(24(27)28)26-25(29)32-15-22-20-8-4-2-6-18(20)19-7-3-5-9-21(19)22/h2-13,22-23H,14-15H2,1H3,(H,26,29)(H,27,28)/t23-/m0/s1. The maximum Gasteiger partial charge on any atom is 0.407 e. The summed E-state index contributed by atoms with van der Waals surface area (Å²) in [5.41, 5.74) is 4.90. The van der Waals surface area contributed by atoms with E-state index < -0.39 is 27.9 Å². The highest BCUT2D eigenvalue weighted by Gasteiger charge is 2.29. The molecule has 1 aliphatic rings. The molecular formula is C25H23NO6S. The SMILES string of the molecule is CS(=O)(=O)c1ccc(C[C@H](NC(=O)OCC2c3ccccc3-c3ccccc32)C(=O)O)cc1. The van der Waals surface area contributed by atoms with E-state index in [1.807, 2.05) is 48.5 Å². The van der Waals surface area contributed by atoms with Crippen LogP contribution in [0.3, 0.4) is 0 Å². The van der Waals surface area contributed by atoms with Gasteiger partial charge < -0.3 is 15.2 Å². The number of sulfone groups is 1. The van der Waals surface area contributed by atoms with Gasteiger partial charge in [0.2, 0.25) is 0 Å². The predicted octanol–water partition coefficient (Wildman–Crippen LogP) is 3.62. The van der Waals surface area contributed by atoms with Crippen LogP contribution in [0.4, 0.5) is 4.79 Å². The molecule has 8 heteroatoms. The molecule has 0 aliphatic heterocycles. The third-order valence-electron chi connectivity index (χ3n) is 5.73. The van der Waals surface area contributed by atoms with Crippen molar-refractivity contribution < 1.29 is 27.9 Å². The van der Waals surface area contributed by atoms with Crippen LogP contribution in [-0.4, -0.2) is 44.5 Å². The summed E-state index contributed by atoms with van der Waals surface area (Å²) < 4.78 is 28.6. The van der Waals surface area contributed by atoms with Crippen molar-refractivity contribution in [2.24, 2.45) is 0 Å². The van der Waals surface area contributed by atoms with Gasteiger partial charge in [-0.3, -0.25) is 0 Å². The molecule has 1 aliphatic carbocycles. The van der Waals surface area contributed by atoms with Crippen LogP contribution in [0.15, 0.2) is 77.7 Å². The monoisotopic (exact) mass is 465 g/mol. The van der Waals surface area contributed by atoms with Gasteiger partial charge in [0.05, 0.1) is 4.90 Å². The Morgan fingerprint density at radius 1 is 0.939 bits per heavy atom. The number of hydrogen-bond acceptors (Lipinski definition) is 5. The highest BCUT2D eigenvalue weighted by atomic mass is 32.2. The summed E-state index contributed by atoms with van der Waals surface area (Å²) in [7, 11) is -3.35. The number of hydrogen-bond donors (Lipinski definition) is 2. The van der Waals surface area contributed by atoms with E-state index >= 15 is 0 Å². The number of carbonyl (C=O) groups is 2. The molecule has 33 heavy (non-hydrogen) atoms. The average Bonchev–Trinajstić information content (AvgIpc) is 3.11. The minimum absolute atomic E-state index is 0.0103. The average molecular weight is 466 g/mol. The smallest absolute Gasteiger partial charge is 0.407 e. The van der Waals surface area contributed by atoms with Crippen LogP contribution in [0.25, 0.3) is 11.1 Å². The zero-order valence-corrected chi connectivity index (χ0v) is 18.7. The molecule has 3 aromatic carbocycles. The lowest BCUT2D eigenvalue weighted by molar-refractivity contribution is -0.139. The van der Waals surface area contributed by atoms with Crippen molar-refractivity contribution >= 4 is 21.9 Å². The summed E-state index contributed by atoms with van der Waals surface area (Å²) in [6, 6.07) is 20.5. The van der Waals surface area contributed by atoms with E-state index in [-0.39, 0.29) is 23.8 Å². The maximum absolute atomic E-state index is 12.4. The summed E-state index contributed by atoms with van der Waals surface area (Å²) in [4.78, 5) is 24.3. The number of aliphatic carboxylic acids is 1. The number of alkyl carbamates (subject to hydrolysis) is 1. The number of amides is 1. The van der Waals surface area contributed by atoms with Crippen molar-refractivity contribution in [3.05, 3.63) is 89.5 Å². The Bertz CT molecular complexity index is 1250. The van der Waals surface area contributed by atoms with Gasteiger partial charge in [-0.2, -0.15) is 0 Å². The first kappa shape index (κ1) is 22.5. The molecule has 1 atom stereocenters. The van der Waals surface area contributed by atoms with Gasteiger partial charge in [-0.15, -0.1) is 0 Å². The Balaban J connectivity index is 1.42. The van der Waals surface area contributed by atoms with Crippen molar-refractivity contribution in [1.82, 2.24) is 5.32 Å². The van der Waals surface area contributed by atoms with E-state index in [1.54, 1.807) is 0 Å². The van der Waals surface area contributed by atoms with E-state index in [4.69, 9.17) is 4.74 Å². The lowest BCUT2D eigenvalue weighted by Gasteiger charge is -2.17. The molecule has 2 N–H and O–H groups in total. The summed E-state index contributed by atoms with van der Waals surface area (Å²) in [5, 5.41) is 11.9. The number of nitrogens with one attached hydrogen (secondary N) is 1. The zero-order chi connectivity index (χ0) is 23.6. The largest absolute Gasteiger partial charge is 0.480 e. The van der Waals surface area contributed by atoms with Gasteiger partial charge in [-0.25, -0.2) is 18.0 Å². The van der Waals surface area contributed by atoms with E-state index in [0.717, 1.165) is 28.5 Å². The van der Waals surface area contributed by atoms with Gasteiger partial charge in [0.15, 0.2) is 9.84 Å². The normalized spacial score (nSPS) is 13.6. The third kappa shape index (κ3) is 4.90. The first-order valence-corrected chi connectivity index (χ1v) is 12.3. The molecule has 0 radical (unpaired) electrons. The highest BCUT2D eigenvalue weighted by molar-refractivity contribution is 7.90. The quantitative estimate of drug-likeness (QED) is 0.552. The van der Waals surface area contributed by atoms with E-state index in [2.05, 4.69) is 5.32 Å². The molecule has 0 heterocycles. The number of rotatable bonds is 7. The molecule has 0 aromatic heterocycles. The second-order valence-corrected chi connectivity index (χ2v) is 10.00. The fourth-order valence-electron chi connectivity index (χ4n) is 4.09. The van der Waals surface area contributed by atoms with Crippen LogP contribution < -0.4 is 5.32 Å². The highest BCUT2D eigenvalue weighted by Crippen LogP contribution is 2.44. The van der Waals surface area contributed by atoms with Crippen molar-refractivity contribution in [3.8, 4) is 11.1 Å². The summed E-state index contributed by atoms with van der Waals surface area (Å²) in [6.45, 7) is 0.0786. The molecule has 3 aromatic rings. The zero-order valence-electron chi connectivity index (χ0n) is 17.9. The number of carbonyl (C=O) groups excluding carboxylic acids is 1. The molecule has 0 bridgehead atoms. The van der Waals surface area contributed by atoms with Gasteiger partial charge in [0, 0.05) is 18.6 Å². The van der Waals surface area contributed by atoms with Crippen molar-refractivity contribution in [2.45, 2.75) is 23.3 Å². The van der Waals surface area contributed by atoms with Crippen LogP contribution in [0, 0.1) is 0 Å². The molecule has 7 nitrogen and oxygen atoms in total. The van der Waals surface area contributed by atoms with Gasteiger partial charge in [-0.1, -0.05) is 60.7 Å². The Labute approximate surface area is 192 Å². The van der Waals surface area contributed by atoms with E-state index in [9.17, 15) is 23.1 Å².